The van der Waals surface area contributed by atoms with E-state index in [9.17, 15) is 14.4 Å². The minimum atomic E-state index is -0.616. The molecule has 0 aromatic heterocycles. The average Bonchev–Trinajstić information content (AvgIpc) is 3.20. The first kappa shape index (κ1) is 24.3. The molecule has 9 nitrogen and oxygen atoms in total. The molecule has 2 heterocycles. The fraction of sp³-hybridized carbons (Fsp3) is 0.346. The molecule has 4 rings (SSSR count). The zero-order valence-electron chi connectivity index (χ0n) is 19.3. The molecular formula is C26H28N4O5. The number of fused-ring (bicyclic) bond motifs is 1. The van der Waals surface area contributed by atoms with Crippen molar-refractivity contribution in [3.05, 3.63) is 71.1 Å². The monoisotopic (exact) mass is 476 g/mol. The van der Waals surface area contributed by atoms with Crippen molar-refractivity contribution in [1.82, 2.24) is 4.90 Å². The van der Waals surface area contributed by atoms with E-state index in [4.69, 9.17) is 15.0 Å². The van der Waals surface area contributed by atoms with Crippen molar-refractivity contribution in [1.29, 1.82) is 5.53 Å². The van der Waals surface area contributed by atoms with Gasteiger partial charge in [0, 0.05) is 30.4 Å². The lowest BCUT2D eigenvalue weighted by atomic mass is 9.99. The highest BCUT2D eigenvalue weighted by Crippen LogP contribution is 2.29. The lowest BCUT2D eigenvalue weighted by Gasteiger charge is -2.26. The third-order valence-corrected chi connectivity index (χ3v) is 6.19. The second-order valence-electron chi connectivity index (χ2n) is 8.52. The molecule has 0 bridgehead atoms. The Kier molecular flexibility index (Phi) is 7.99. The van der Waals surface area contributed by atoms with Gasteiger partial charge in [0.15, 0.2) is 0 Å². The zero-order chi connectivity index (χ0) is 24.6. The fourth-order valence-electron chi connectivity index (χ4n) is 4.15. The number of benzene rings is 2. The Morgan fingerprint density at radius 3 is 2.69 bits per heavy atom. The number of amides is 1. The number of hydrogen-bond donors (Lipinski definition) is 2. The number of hydrogen-bond acceptors (Lipinski definition) is 8. The standard InChI is InChI=1S/C26H28N4O5/c27-29-20(13-28-19-8-10-22(11-9-19)35-23-16-34-17-23)7-6-18-3-1-5-24-25(18)14-30(26(24)33)21(15-32)4-2-12-31/h1,3,5,8-13,15,21,23,27-28H,2,4,6-7,14,16-17H2/b20-13-,29-27?. The molecule has 2 aromatic rings. The van der Waals surface area contributed by atoms with E-state index in [1.807, 2.05) is 36.4 Å². The van der Waals surface area contributed by atoms with E-state index < -0.39 is 6.04 Å². The Bertz CT molecular complexity index is 1110. The summed E-state index contributed by atoms with van der Waals surface area (Å²) in [7, 11) is 0. The van der Waals surface area contributed by atoms with E-state index in [1.54, 1.807) is 12.3 Å². The van der Waals surface area contributed by atoms with Crippen molar-refractivity contribution < 1.29 is 23.9 Å². The number of carbonyl (C=O) groups is 3. The smallest absolute Gasteiger partial charge is 0.255 e. The van der Waals surface area contributed by atoms with Crippen molar-refractivity contribution in [2.45, 2.75) is 44.4 Å². The van der Waals surface area contributed by atoms with Crippen molar-refractivity contribution in [2.75, 3.05) is 18.5 Å². The van der Waals surface area contributed by atoms with Gasteiger partial charge in [-0.3, -0.25) is 4.79 Å². The Morgan fingerprint density at radius 1 is 1.23 bits per heavy atom. The number of rotatable bonds is 13. The predicted octanol–water partition coefficient (Wildman–Crippen LogP) is 3.88. The zero-order valence-corrected chi connectivity index (χ0v) is 19.3. The number of aryl methyl sites for hydroxylation is 1. The Labute approximate surface area is 203 Å². The van der Waals surface area contributed by atoms with E-state index in [0.717, 1.165) is 35.1 Å². The number of anilines is 1. The van der Waals surface area contributed by atoms with Crippen molar-refractivity contribution in [3.63, 3.8) is 0 Å². The third-order valence-electron chi connectivity index (χ3n) is 6.19. The summed E-state index contributed by atoms with van der Waals surface area (Å²) in [5.74, 6) is 0.590. The van der Waals surface area contributed by atoms with Crippen LogP contribution >= 0.6 is 0 Å². The molecule has 0 saturated carbocycles. The molecule has 1 saturated heterocycles. The maximum atomic E-state index is 12.9. The van der Waals surface area contributed by atoms with Crippen LogP contribution in [0.2, 0.25) is 0 Å². The largest absolute Gasteiger partial charge is 0.486 e. The number of nitrogens with zero attached hydrogens (tertiary/aromatic N) is 2. The maximum absolute atomic E-state index is 12.9. The fourth-order valence-corrected chi connectivity index (χ4v) is 4.15. The van der Waals surface area contributed by atoms with Gasteiger partial charge in [0.05, 0.1) is 25.0 Å². The molecule has 2 aromatic carbocycles. The molecule has 0 spiro atoms. The molecule has 1 amide bonds. The lowest BCUT2D eigenvalue weighted by molar-refractivity contribution is -0.112. The summed E-state index contributed by atoms with van der Waals surface area (Å²) in [4.78, 5) is 36.6. The van der Waals surface area contributed by atoms with Crippen LogP contribution in [0.25, 0.3) is 0 Å². The van der Waals surface area contributed by atoms with Gasteiger partial charge in [-0.15, -0.1) is 0 Å². The minimum absolute atomic E-state index is 0.116. The molecular weight excluding hydrogens is 448 g/mol. The topological polar surface area (TPSA) is 121 Å². The summed E-state index contributed by atoms with van der Waals surface area (Å²) >= 11 is 0. The highest BCUT2D eigenvalue weighted by molar-refractivity contribution is 6.00. The molecule has 2 aliphatic heterocycles. The summed E-state index contributed by atoms with van der Waals surface area (Å²) < 4.78 is 10.9. The molecule has 9 heteroatoms. The first-order valence-electron chi connectivity index (χ1n) is 11.6. The average molecular weight is 477 g/mol. The highest BCUT2D eigenvalue weighted by Gasteiger charge is 2.33. The third kappa shape index (κ3) is 5.81. The molecule has 182 valence electrons. The lowest BCUT2D eigenvalue weighted by Crippen LogP contribution is -2.38. The first-order chi connectivity index (χ1) is 17.1. The van der Waals surface area contributed by atoms with E-state index in [2.05, 4.69) is 10.4 Å². The van der Waals surface area contributed by atoms with Crippen LogP contribution in [0.3, 0.4) is 0 Å². The molecule has 0 aliphatic carbocycles. The quantitative estimate of drug-likeness (QED) is 0.334. The van der Waals surface area contributed by atoms with Crippen LogP contribution in [-0.4, -0.2) is 48.7 Å². The molecule has 35 heavy (non-hydrogen) atoms. The SMILES string of the molecule is N=N/C(=C\Nc1ccc(OC2COC2)cc1)CCc1cccc2c1CN(C(C=O)CCC=O)C2=O. The van der Waals surface area contributed by atoms with Crippen LogP contribution in [0, 0.1) is 5.53 Å². The van der Waals surface area contributed by atoms with E-state index in [1.165, 1.54) is 4.90 Å². The molecule has 1 fully saturated rings. The number of carbonyl (C=O) groups excluding carboxylic acids is 3. The first-order valence-corrected chi connectivity index (χ1v) is 11.6. The number of nitrogens with one attached hydrogen (secondary N) is 2. The Balaban J connectivity index is 1.37. The second kappa shape index (κ2) is 11.5. The van der Waals surface area contributed by atoms with E-state index in [-0.39, 0.29) is 18.4 Å². The van der Waals surface area contributed by atoms with Gasteiger partial charge in [0.2, 0.25) is 0 Å². The molecule has 1 unspecified atom stereocenters. The normalized spacial score (nSPS) is 16.3. The summed E-state index contributed by atoms with van der Waals surface area (Å²) in [6, 6.07) is 12.5. The number of ether oxygens (including phenoxy) is 2. The van der Waals surface area contributed by atoms with Gasteiger partial charge in [-0.1, -0.05) is 12.1 Å². The van der Waals surface area contributed by atoms with Gasteiger partial charge in [0.1, 0.15) is 24.4 Å². The van der Waals surface area contributed by atoms with Gasteiger partial charge in [0.25, 0.3) is 5.91 Å². The van der Waals surface area contributed by atoms with E-state index >= 15 is 0 Å². The summed E-state index contributed by atoms with van der Waals surface area (Å²) in [5, 5.41) is 6.81. The Hall–Kier alpha value is -3.85. The Morgan fingerprint density at radius 2 is 2.03 bits per heavy atom. The van der Waals surface area contributed by atoms with E-state index in [0.29, 0.717) is 50.3 Å². The van der Waals surface area contributed by atoms with Crippen LogP contribution in [0.4, 0.5) is 5.69 Å². The highest BCUT2D eigenvalue weighted by atomic mass is 16.6. The van der Waals surface area contributed by atoms with Crippen LogP contribution in [0.15, 0.2) is 59.5 Å². The molecule has 2 aliphatic rings. The van der Waals surface area contributed by atoms with Gasteiger partial charge >= 0.3 is 0 Å². The number of aldehydes is 2. The molecule has 0 radical (unpaired) electrons. The summed E-state index contributed by atoms with van der Waals surface area (Å²) in [5.41, 5.74) is 11.4. The van der Waals surface area contributed by atoms with Crippen LogP contribution in [0.1, 0.15) is 40.7 Å². The van der Waals surface area contributed by atoms with Crippen molar-refractivity contribution >= 4 is 24.2 Å². The van der Waals surface area contributed by atoms with Gasteiger partial charge in [-0.25, -0.2) is 5.53 Å². The molecule has 1 atom stereocenters. The van der Waals surface area contributed by atoms with Gasteiger partial charge in [-0.2, -0.15) is 5.11 Å². The predicted molar refractivity (Wildman–Crippen MR) is 128 cm³/mol. The van der Waals surface area contributed by atoms with Crippen LogP contribution in [0.5, 0.6) is 5.75 Å². The molecule has 2 N–H and O–H groups in total. The van der Waals surface area contributed by atoms with Crippen LogP contribution in [-0.2, 0) is 27.3 Å². The van der Waals surface area contributed by atoms with Crippen molar-refractivity contribution in [3.8, 4) is 5.75 Å². The summed E-state index contributed by atoms with van der Waals surface area (Å²) in [6.45, 7) is 1.57. The van der Waals surface area contributed by atoms with Crippen LogP contribution < -0.4 is 10.1 Å². The van der Waals surface area contributed by atoms with Gasteiger partial charge < -0.3 is 29.3 Å². The summed E-state index contributed by atoms with van der Waals surface area (Å²) in [6.07, 6.45) is 4.96. The number of allylic oxidation sites excluding steroid dienone is 1. The van der Waals surface area contributed by atoms with Gasteiger partial charge in [-0.05, 0) is 60.7 Å². The second-order valence-corrected chi connectivity index (χ2v) is 8.52. The minimum Gasteiger partial charge on any atom is -0.486 e. The van der Waals surface area contributed by atoms with Crippen molar-refractivity contribution in [2.24, 2.45) is 5.11 Å². The maximum Gasteiger partial charge on any atom is 0.255 e.